The molecule has 0 saturated carbocycles. The SMILES string of the molecule is C#Cc1ccc(C#Cc2cc(OCCCCCC)ccc2OCCCCCC)cc1. The summed E-state index contributed by atoms with van der Waals surface area (Å²) in [5, 5.41) is 0. The molecular formula is C28H34O2. The van der Waals surface area contributed by atoms with Crippen LogP contribution in [0.25, 0.3) is 0 Å². The summed E-state index contributed by atoms with van der Waals surface area (Å²) in [5.74, 6) is 10.8. The minimum absolute atomic E-state index is 0.711. The lowest BCUT2D eigenvalue weighted by atomic mass is 10.1. The van der Waals surface area contributed by atoms with Crippen LogP contribution in [0.15, 0.2) is 42.5 Å². The number of unbranched alkanes of at least 4 members (excludes halogenated alkanes) is 6. The highest BCUT2D eigenvalue weighted by molar-refractivity contribution is 5.53. The predicted molar refractivity (Wildman–Crippen MR) is 126 cm³/mol. The van der Waals surface area contributed by atoms with E-state index in [4.69, 9.17) is 15.9 Å². The van der Waals surface area contributed by atoms with Gasteiger partial charge in [-0.2, -0.15) is 0 Å². The van der Waals surface area contributed by atoms with Crippen molar-refractivity contribution in [2.45, 2.75) is 65.2 Å². The quantitative estimate of drug-likeness (QED) is 0.281. The first kappa shape index (κ1) is 23.4. The highest BCUT2D eigenvalue weighted by Crippen LogP contribution is 2.24. The molecule has 2 rings (SSSR count). The summed E-state index contributed by atoms with van der Waals surface area (Å²) in [6, 6.07) is 13.7. The van der Waals surface area contributed by atoms with Gasteiger partial charge in [-0.05, 0) is 55.3 Å². The molecule has 0 N–H and O–H groups in total. The minimum Gasteiger partial charge on any atom is -0.494 e. The standard InChI is InChI=1S/C28H34O2/c1-4-7-9-11-21-29-27-19-20-28(30-22-12-10-8-5-2)26(23-27)18-17-25-15-13-24(6-3)14-16-25/h3,13-16,19-20,23H,4-5,7-12,21-22H2,1-2H3. The summed E-state index contributed by atoms with van der Waals surface area (Å²) < 4.78 is 12.0. The molecule has 0 bridgehead atoms. The van der Waals surface area contributed by atoms with Gasteiger partial charge in [-0.3, -0.25) is 0 Å². The molecule has 0 aliphatic rings. The molecule has 2 aromatic carbocycles. The van der Waals surface area contributed by atoms with Crippen LogP contribution in [0.3, 0.4) is 0 Å². The zero-order chi connectivity index (χ0) is 21.4. The van der Waals surface area contributed by atoms with Crippen molar-refractivity contribution >= 4 is 0 Å². The molecule has 0 aliphatic carbocycles. The molecule has 0 aliphatic heterocycles. The second-order valence-electron chi connectivity index (χ2n) is 7.45. The van der Waals surface area contributed by atoms with E-state index in [9.17, 15) is 0 Å². The first-order valence-electron chi connectivity index (χ1n) is 11.2. The van der Waals surface area contributed by atoms with Gasteiger partial charge >= 0.3 is 0 Å². The number of ether oxygens (including phenoxy) is 2. The average molecular weight is 403 g/mol. The monoisotopic (exact) mass is 402 g/mol. The van der Waals surface area contributed by atoms with Gasteiger partial charge in [-0.25, -0.2) is 0 Å². The third-order valence-electron chi connectivity index (χ3n) is 4.87. The Balaban J connectivity index is 2.09. The van der Waals surface area contributed by atoms with E-state index in [0.717, 1.165) is 47.6 Å². The lowest BCUT2D eigenvalue weighted by Gasteiger charge is -2.11. The topological polar surface area (TPSA) is 18.5 Å². The molecule has 0 saturated heterocycles. The molecule has 2 nitrogen and oxygen atoms in total. The summed E-state index contributed by atoms with van der Waals surface area (Å²) in [4.78, 5) is 0. The Morgan fingerprint density at radius 2 is 1.33 bits per heavy atom. The van der Waals surface area contributed by atoms with Crippen molar-refractivity contribution in [2.24, 2.45) is 0 Å². The van der Waals surface area contributed by atoms with E-state index in [0.29, 0.717) is 6.61 Å². The zero-order valence-corrected chi connectivity index (χ0v) is 18.5. The molecule has 0 amide bonds. The number of hydrogen-bond donors (Lipinski definition) is 0. The first-order chi connectivity index (χ1) is 14.8. The van der Waals surface area contributed by atoms with Crippen LogP contribution in [0.4, 0.5) is 0 Å². The summed E-state index contributed by atoms with van der Waals surface area (Å²) in [5.41, 5.74) is 2.64. The van der Waals surface area contributed by atoms with E-state index in [1.54, 1.807) is 0 Å². The Morgan fingerprint density at radius 1 is 0.700 bits per heavy atom. The van der Waals surface area contributed by atoms with Gasteiger partial charge in [-0.1, -0.05) is 70.1 Å². The molecule has 0 radical (unpaired) electrons. The van der Waals surface area contributed by atoms with E-state index in [1.807, 2.05) is 42.5 Å². The van der Waals surface area contributed by atoms with Gasteiger partial charge in [0.2, 0.25) is 0 Å². The van der Waals surface area contributed by atoms with Gasteiger partial charge in [0, 0.05) is 11.1 Å². The molecule has 158 valence electrons. The van der Waals surface area contributed by atoms with Crippen molar-refractivity contribution in [1.29, 1.82) is 0 Å². The van der Waals surface area contributed by atoms with Crippen LogP contribution in [0.2, 0.25) is 0 Å². The third kappa shape index (κ3) is 8.67. The van der Waals surface area contributed by atoms with Crippen LogP contribution in [0.5, 0.6) is 11.5 Å². The van der Waals surface area contributed by atoms with E-state index in [-0.39, 0.29) is 0 Å². The van der Waals surface area contributed by atoms with E-state index in [1.165, 1.54) is 38.5 Å². The van der Waals surface area contributed by atoms with Gasteiger partial charge in [0.05, 0.1) is 18.8 Å². The fourth-order valence-electron chi connectivity index (χ4n) is 3.04. The Kier molecular flexibility index (Phi) is 11.1. The Labute approximate surface area is 183 Å². The van der Waals surface area contributed by atoms with E-state index < -0.39 is 0 Å². The van der Waals surface area contributed by atoms with Crippen molar-refractivity contribution in [1.82, 2.24) is 0 Å². The van der Waals surface area contributed by atoms with Gasteiger partial charge in [0.1, 0.15) is 11.5 Å². The van der Waals surface area contributed by atoms with Gasteiger partial charge < -0.3 is 9.47 Å². The number of hydrogen-bond acceptors (Lipinski definition) is 2. The maximum atomic E-state index is 6.04. The summed E-state index contributed by atoms with van der Waals surface area (Å²) in [6.07, 6.45) is 14.9. The number of rotatable bonds is 12. The van der Waals surface area contributed by atoms with Crippen molar-refractivity contribution in [2.75, 3.05) is 13.2 Å². The maximum Gasteiger partial charge on any atom is 0.135 e. The lowest BCUT2D eigenvalue weighted by Crippen LogP contribution is -2.01. The molecular weight excluding hydrogens is 368 g/mol. The van der Waals surface area contributed by atoms with Crippen LogP contribution < -0.4 is 9.47 Å². The smallest absolute Gasteiger partial charge is 0.135 e. The normalized spacial score (nSPS) is 10.0. The van der Waals surface area contributed by atoms with Crippen molar-refractivity contribution in [3.63, 3.8) is 0 Å². The van der Waals surface area contributed by atoms with Crippen molar-refractivity contribution in [3.05, 3.63) is 59.2 Å². The summed E-state index contributed by atoms with van der Waals surface area (Å²) in [7, 11) is 0. The minimum atomic E-state index is 0.711. The van der Waals surface area contributed by atoms with E-state index in [2.05, 4.69) is 31.6 Å². The second-order valence-corrected chi connectivity index (χ2v) is 7.45. The highest BCUT2D eigenvalue weighted by atomic mass is 16.5. The molecule has 0 fully saturated rings. The Hall–Kier alpha value is -2.84. The molecule has 0 heterocycles. The Morgan fingerprint density at radius 3 is 1.97 bits per heavy atom. The van der Waals surface area contributed by atoms with Crippen LogP contribution in [0.1, 0.15) is 81.9 Å². The molecule has 2 aromatic rings. The molecule has 30 heavy (non-hydrogen) atoms. The largest absolute Gasteiger partial charge is 0.494 e. The highest BCUT2D eigenvalue weighted by Gasteiger charge is 2.05. The molecule has 2 heteroatoms. The van der Waals surface area contributed by atoms with Crippen LogP contribution in [-0.2, 0) is 0 Å². The van der Waals surface area contributed by atoms with Crippen molar-refractivity contribution in [3.8, 4) is 35.7 Å². The fraction of sp³-hybridized carbons (Fsp3) is 0.429. The van der Waals surface area contributed by atoms with Crippen molar-refractivity contribution < 1.29 is 9.47 Å². The van der Waals surface area contributed by atoms with Gasteiger partial charge in [-0.15, -0.1) is 6.42 Å². The van der Waals surface area contributed by atoms with E-state index >= 15 is 0 Å². The molecule has 0 spiro atoms. The Bertz CT molecular complexity index is 847. The van der Waals surface area contributed by atoms with Gasteiger partial charge in [0.15, 0.2) is 0 Å². The maximum absolute atomic E-state index is 6.04. The fourth-order valence-corrected chi connectivity index (χ4v) is 3.04. The average Bonchev–Trinajstić information content (AvgIpc) is 2.78. The number of benzene rings is 2. The van der Waals surface area contributed by atoms with Crippen LogP contribution in [0, 0.1) is 24.2 Å². The second kappa shape index (κ2) is 14.2. The zero-order valence-electron chi connectivity index (χ0n) is 18.5. The lowest BCUT2D eigenvalue weighted by molar-refractivity contribution is 0.296. The summed E-state index contributed by atoms with van der Waals surface area (Å²) >= 11 is 0. The molecule has 0 unspecified atom stereocenters. The van der Waals surface area contributed by atoms with Crippen LogP contribution >= 0.6 is 0 Å². The predicted octanol–water partition coefficient (Wildman–Crippen LogP) is 6.99. The summed E-state index contributed by atoms with van der Waals surface area (Å²) in [6.45, 7) is 5.87. The van der Waals surface area contributed by atoms with Gasteiger partial charge in [0.25, 0.3) is 0 Å². The van der Waals surface area contributed by atoms with Crippen LogP contribution in [-0.4, -0.2) is 13.2 Å². The third-order valence-corrected chi connectivity index (χ3v) is 4.87. The molecule has 0 aromatic heterocycles. The number of terminal acetylenes is 1. The first-order valence-corrected chi connectivity index (χ1v) is 11.2. The molecule has 0 atom stereocenters.